The van der Waals surface area contributed by atoms with Crippen molar-refractivity contribution in [2.24, 2.45) is 11.8 Å². The van der Waals surface area contributed by atoms with Gasteiger partial charge in [-0.25, -0.2) is 4.98 Å². The summed E-state index contributed by atoms with van der Waals surface area (Å²) >= 11 is 1.56. The lowest BCUT2D eigenvalue weighted by Crippen LogP contribution is -2.23. The van der Waals surface area contributed by atoms with Crippen molar-refractivity contribution in [2.45, 2.75) is 46.5 Å². The summed E-state index contributed by atoms with van der Waals surface area (Å²) in [4.78, 5) is 18.2. The molecule has 1 aromatic heterocycles. The van der Waals surface area contributed by atoms with Crippen LogP contribution in [0, 0.1) is 18.8 Å². The van der Waals surface area contributed by atoms with Gasteiger partial charge in [0.2, 0.25) is 5.91 Å². The van der Waals surface area contributed by atoms with Crippen LogP contribution in [0.3, 0.4) is 0 Å². The summed E-state index contributed by atoms with van der Waals surface area (Å²) in [5.41, 5.74) is 3.44. The Bertz CT molecular complexity index is 759. The van der Waals surface area contributed by atoms with Gasteiger partial charge in [0.25, 0.3) is 0 Å². The number of carbonyl (C=O) groups excluding carboxylic acids is 1. The van der Waals surface area contributed by atoms with E-state index >= 15 is 0 Å². The fourth-order valence-corrected chi connectivity index (χ4v) is 4.07. The van der Waals surface area contributed by atoms with Crippen LogP contribution in [-0.2, 0) is 11.2 Å². The Morgan fingerprint density at radius 2 is 2.04 bits per heavy atom. The SMILES string of the molecule is Cc1sc(NC(=O)C2CC=CCC2)nc1-c1ccc(CC(C)C)cc1. The number of amides is 1. The normalized spacial score (nSPS) is 17.0. The van der Waals surface area contributed by atoms with E-state index < -0.39 is 0 Å². The van der Waals surface area contributed by atoms with Crippen LogP contribution in [0.15, 0.2) is 36.4 Å². The number of anilines is 1. The van der Waals surface area contributed by atoms with Crippen LogP contribution in [0.2, 0.25) is 0 Å². The molecule has 1 atom stereocenters. The van der Waals surface area contributed by atoms with E-state index in [4.69, 9.17) is 0 Å². The van der Waals surface area contributed by atoms with Gasteiger partial charge in [-0.3, -0.25) is 4.79 Å². The standard InChI is InChI=1S/C21H26N2OS/c1-14(2)13-16-9-11-17(12-10-16)19-15(3)25-21(22-19)23-20(24)18-7-5-4-6-8-18/h4-5,9-12,14,18H,6-8,13H2,1-3H3,(H,22,23,24). The van der Waals surface area contributed by atoms with Crippen LogP contribution in [0.25, 0.3) is 11.3 Å². The number of nitrogens with zero attached hydrogens (tertiary/aromatic N) is 1. The van der Waals surface area contributed by atoms with E-state index in [1.54, 1.807) is 11.3 Å². The molecule has 0 radical (unpaired) electrons. The average Bonchev–Trinajstić information content (AvgIpc) is 2.96. The van der Waals surface area contributed by atoms with E-state index in [0.717, 1.165) is 41.8 Å². The van der Waals surface area contributed by atoms with Crippen molar-refractivity contribution in [1.82, 2.24) is 4.98 Å². The summed E-state index contributed by atoms with van der Waals surface area (Å²) in [6, 6.07) is 8.63. The topological polar surface area (TPSA) is 42.0 Å². The molecule has 25 heavy (non-hydrogen) atoms. The monoisotopic (exact) mass is 354 g/mol. The predicted octanol–water partition coefficient (Wildman–Crippen LogP) is 5.61. The van der Waals surface area contributed by atoms with Gasteiger partial charge in [0.1, 0.15) is 0 Å². The molecule has 0 fully saturated rings. The second-order valence-corrected chi connectivity index (χ2v) is 8.39. The molecule has 0 bridgehead atoms. The maximum Gasteiger partial charge on any atom is 0.229 e. The number of hydrogen-bond acceptors (Lipinski definition) is 3. The second-order valence-electron chi connectivity index (χ2n) is 7.19. The summed E-state index contributed by atoms with van der Waals surface area (Å²) in [5.74, 6) is 0.827. The number of benzene rings is 1. The molecule has 1 N–H and O–H groups in total. The molecule has 2 aromatic rings. The van der Waals surface area contributed by atoms with Crippen molar-refractivity contribution in [3.63, 3.8) is 0 Å². The molecule has 1 unspecified atom stereocenters. The van der Waals surface area contributed by atoms with Crippen LogP contribution in [0.5, 0.6) is 0 Å². The maximum atomic E-state index is 12.4. The molecule has 0 saturated carbocycles. The third-order valence-corrected chi connectivity index (χ3v) is 5.42. The van der Waals surface area contributed by atoms with Crippen molar-refractivity contribution in [3.8, 4) is 11.3 Å². The molecule has 1 amide bonds. The Kier molecular flexibility index (Phi) is 5.69. The quantitative estimate of drug-likeness (QED) is 0.709. The lowest BCUT2D eigenvalue weighted by atomic mass is 9.94. The number of carbonyl (C=O) groups is 1. The lowest BCUT2D eigenvalue weighted by molar-refractivity contribution is -0.120. The minimum absolute atomic E-state index is 0.0768. The molecule has 132 valence electrons. The first-order valence-electron chi connectivity index (χ1n) is 9.05. The third kappa shape index (κ3) is 4.57. The Morgan fingerprint density at radius 3 is 2.68 bits per heavy atom. The highest BCUT2D eigenvalue weighted by molar-refractivity contribution is 7.16. The Labute approximate surface area is 154 Å². The number of hydrogen-bond donors (Lipinski definition) is 1. The summed E-state index contributed by atoms with van der Waals surface area (Å²) in [6.45, 7) is 6.53. The molecule has 3 nitrogen and oxygen atoms in total. The zero-order valence-corrected chi connectivity index (χ0v) is 16.0. The molecule has 0 saturated heterocycles. The van der Waals surface area contributed by atoms with E-state index in [0.29, 0.717) is 11.0 Å². The van der Waals surface area contributed by atoms with Gasteiger partial charge in [-0.1, -0.05) is 50.3 Å². The molecular formula is C21H26N2OS. The molecule has 3 rings (SSSR count). The van der Waals surface area contributed by atoms with Gasteiger partial charge in [0, 0.05) is 16.4 Å². The van der Waals surface area contributed by atoms with E-state index in [1.807, 2.05) is 0 Å². The van der Waals surface area contributed by atoms with Crippen molar-refractivity contribution in [3.05, 3.63) is 46.9 Å². The zero-order valence-electron chi connectivity index (χ0n) is 15.2. The molecule has 1 heterocycles. The van der Waals surface area contributed by atoms with Gasteiger partial charge in [-0.15, -0.1) is 11.3 Å². The summed E-state index contributed by atoms with van der Waals surface area (Å²) in [7, 11) is 0. The fourth-order valence-electron chi connectivity index (χ4n) is 3.23. The van der Waals surface area contributed by atoms with Crippen LogP contribution in [-0.4, -0.2) is 10.9 Å². The van der Waals surface area contributed by atoms with Crippen LogP contribution < -0.4 is 5.32 Å². The van der Waals surface area contributed by atoms with Crippen LogP contribution in [0.1, 0.15) is 43.6 Å². The van der Waals surface area contributed by atoms with E-state index in [1.165, 1.54) is 5.56 Å². The molecule has 0 spiro atoms. The second kappa shape index (κ2) is 7.96. The van der Waals surface area contributed by atoms with Gasteiger partial charge in [-0.2, -0.15) is 0 Å². The van der Waals surface area contributed by atoms with Crippen molar-refractivity contribution >= 4 is 22.4 Å². The Hall–Kier alpha value is -1.94. The smallest absolute Gasteiger partial charge is 0.229 e. The number of aromatic nitrogens is 1. The predicted molar refractivity (Wildman–Crippen MR) is 106 cm³/mol. The van der Waals surface area contributed by atoms with Crippen molar-refractivity contribution in [1.29, 1.82) is 0 Å². The van der Waals surface area contributed by atoms with Gasteiger partial charge in [-0.05, 0) is 44.1 Å². The molecule has 1 aromatic carbocycles. The van der Waals surface area contributed by atoms with Gasteiger partial charge < -0.3 is 5.32 Å². The van der Waals surface area contributed by atoms with Gasteiger partial charge in [0.05, 0.1) is 5.69 Å². The third-order valence-electron chi connectivity index (χ3n) is 4.54. The van der Waals surface area contributed by atoms with E-state index in [-0.39, 0.29) is 11.8 Å². The van der Waals surface area contributed by atoms with E-state index in [9.17, 15) is 4.79 Å². The van der Waals surface area contributed by atoms with Crippen LogP contribution in [0.4, 0.5) is 5.13 Å². The number of thiazole rings is 1. The fraction of sp³-hybridized carbons (Fsp3) is 0.429. The highest BCUT2D eigenvalue weighted by Gasteiger charge is 2.20. The highest BCUT2D eigenvalue weighted by Crippen LogP contribution is 2.31. The highest BCUT2D eigenvalue weighted by atomic mass is 32.1. The molecule has 0 aliphatic heterocycles. The first-order chi connectivity index (χ1) is 12.0. The molecule has 4 heteroatoms. The maximum absolute atomic E-state index is 12.4. The molecular weight excluding hydrogens is 328 g/mol. The summed E-state index contributed by atoms with van der Waals surface area (Å²) < 4.78 is 0. The van der Waals surface area contributed by atoms with Crippen LogP contribution >= 0.6 is 11.3 Å². The van der Waals surface area contributed by atoms with Gasteiger partial charge in [0.15, 0.2) is 5.13 Å². The van der Waals surface area contributed by atoms with E-state index in [2.05, 4.69) is 67.5 Å². The van der Waals surface area contributed by atoms with Crippen molar-refractivity contribution in [2.75, 3.05) is 5.32 Å². The average molecular weight is 355 g/mol. The zero-order chi connectivity index (χ0) is 17.8. The summed E-state index contributed by atoms with van der Waals surface area (Å²) in [5, 5.41) is 3.72. The first kappa shape index (κ1) is 17.9. The lowest BCUT2D eigenvalue weighted by Gasteiger charge is -2.15. The van der Waals surface area contributed by atoms with Gasteiger partial charge >= 0.3 is 0 Å². The number of aryl methyl sites for hydroxylation is 1. The Morgan fingerprint density at radius 1 is 1.28 bits per heavy atom. The number of rotatable bonds is 5. The number of nitrogens with one attached hydrogen (secondary N) is 1. The first-order valence-corrected chi connectivity index (χ1v) is 9.87. The minimum atomic E-state index is 0.0768. The number of allylic oxidation sites excluding steroid dienone is 2. The minimum Gasteiger partial charge on any atom is -0.302 e. The Balaban J connectivity index is 1.71. The largest absolute Gasteiger partial charge is 0.302 e. The summed E-state index contributed by atoms with van der Waals surface area (Å²) in [6.07, 6.45) is 8.09. The van der Waals surface area contributed by atoms with Crippen molar-refractivity contribution < 1.29 is 4.79 Å². The molecule has 1 aliphatic rings. The molecule has 1 aliphatic carbocycles.